The number of hydrogen-bond acceptors (Lipinski definition) is 5. The molecule has 2 amide bonds. The molecular weight excluding hydrogens is 432 g/mol. The van der Waals surface area contributed by atoms with Crippen LogP contribution in [-0.4, -0.2) is 31.6 Å². The number of anilines is 2. The molecule has 0 aromatic heterocycles. The molecule has 0 spiro atoms. The van der Waals surface area contributed by atoms with Gasteiger partial charge in [0.05, 0.1) is 37.6 Å². The van der Waals surface area contributed by atoms with Crippen molar-refractivity contribution in [1.29, 1.82) is 0 Å². The molecule has 0 bridgehead atoms. The molecule has 0 radical (unpaired) electrons. The van der Waals surface area contributed by atoms with Gasteiger partial charge in [0.1, 0.15) is 17.2 Å². The van der Waals surface area contributed by atoms with Crippen LogP contribution >= 0.6 is 0 Å². The highest BCUT2D eigenvalue weighted by Crippen LogP contribution is 2.37. The minimum Gasteiger partial charge on any atom is -0.494 e. The van der Waals surface area contributed by atoms with Crippen molar-refractivity contribution in [1.82, 2.24) is 0 Å². The van der Waals surface area contributed by atoms with Crippen molar-refractivity contribution in [2.24, 2.45) is 0 Å². The number of hydrogen-bond donors (Lipinski definition) is 2. The van der Waals surface area contributed by atoms with Gasteiger partial charge >= 0.3 is 0 Å². The topological polar surface area (TPSA) is 85.9 Å². The van der Waals surface area contributed by atoms with Gasteiger partial charge in [0.2, 0.25) is 5.91 Å². The van der Waals surface area contributed by atoms with Crippen LogP contribution in [0.4, 0.5) is 11.4 Å². The van der Waals surface area contributed by atoms with Crippen molar-refractivity contribution in [3.63, 3.8) is 0 Å². The standard InChI is InChI=1S/C27H30N2O5/c1-4-32-21-14-12-19(13-15-21)16-26(30)28-22-17-25(34-6-3)23(18-24(22)33-5-2)29-27(31)20-10-8-7-9-11-20/h7-15,17-18H,4-6,16H2,1-3H3,(H,28,30)(H,29,31). The summed E-state index contributed by atoms with van der Waals surface area (Å²) in [5.74, 6) is 1.17. The molecule has 0 saturated heterocycles. The van der Waals surface area contributed by atoms with E-state index in [0.717, 1.165) is 11.3 Å². The van der Waals surface area contributed by atoms with Crippen LogP contribution in [0.25, 0.3) is 0 Å². The predicted octanol–water partition coefficient (Wildman–Crippen LogP) is 5.32. The Kier molecular flexibility index (Phi) is 8.91. The summed E-state index contributed by atoms with van der Waals surface area (Å²) in [6.07, 6.45) is 0.189. The van der Waals surface area contributed by atoms with Crippen molar-refractivity contribution < 1.29 is 23.8 Å². The van der Waals surface area contributed by atoms with Gasteiger partial charge < -0.3 is 24.8 Å². The second-order valence-corrected chi connectivity index (χ2v) is 7.33. The van der Waals surface area contributed by atoms with Crippen LogP contribution in [0.3, 0.4) is 0 Å². The Morgan fingerprint density at radius 3 is 1.82 bits per heavy atom. The van der Waals surface area contributed by atoms with Crippen LogP contribution in [-0.2, 0) is 11.2 Å². The first-order valence-corrected chi connectivity index (χ1v) is 11.4. The molecule has 3 rings (SSSR count). The molecule has 3 aromatic rings. The van der Waals surface area contributed by atoms with Crippen LogP contribution in [0.1, 0.15) is 36.7 Å². The fourth-order valence-corrected chi connectivity index (χ4v) is 3.34. The zero-order valence-electron chi connectivity index (χ0n) is 19.7. The largest absolute Gasteiger partial charge is 0.494 e. The molecule has 0 aliphatic rings. The molecule has 178 valence electrons. The average Bonchev–Trinajstić information content (AvgIpc) is 2.84. The molecule has 7 nitrogen and oxygen atoms in total. The lowest BCUT2D eigenvalue weighted by Gasteiger charge is -2.18. The number of nitrogens with one attached hydrogen (secondary N) is 2. The molecule has 0 aliphatic carbocycles. The Bertz CT molecular complexity index is 1100. The highest BCUT2D eigenvalue weighted by Gasteiger charge is 2.17. The zero-order valence-corrected chi connectivity index (χ0v) is 19.7. The lowest BCUT2D eigenvalue weighted by Crippen LogP contribution is -2.17. The SMILES string of the molecule is CCOc1ccc(CC(=O)Nc2cc(OCC)c(NC(=O)c3ccccc3)cc2OCC)cc1. The number of amides is 2. The van der Waals surface area contributed by atoms with E-state index in [9.17, 15) is 9.59 Å². The average molecular weight is 463 g/mol. The van der Waals surface area contributed by atoms with E-state index in [4.69, 9.17) is 14.2 Å². The predicted molar refractivity (Wildman–Crippen MR) is 133 cm³/mol. The molecule has 3 aromatic carbocycles. The summed E-state index contributed by atoms with van der Waals surface area (Å²) in [6, 6.07) is 19.7. The van der Waals surface area contributed by atoms with Crippen molar-refractivity contribution in [2.75, 3.05) is 30.5 Å². The Hall–Kier alpha value is -4.00. The van der Waals surface area contributed by atoms with Crippen molar-refractivity contribution >= 4 is 23.2 Å². The third kappa shape index (κ3) is 6.75. The lowest BCUT2D eigenvalue weighted by atomic mass is 10.1. The van der Waals surface area contributed by atoms with Crippen LogP contribution in [0.5, 0.6) is 17.2 Å². The van der Waals surface area contributed by atoms with Gasteiger partial charge in [0, 0.05) is 17.7 Å². The van der Waals surface area contributed by atoms with E-state index < -0.39 is 0 Å². The number of carbonyl (C=O) groups excluding carboxylic acids is 2. The van der Waals surface area contributed by atoms with Gasteiger partial charge in [-0.2, -0.15) is 0 Å². The van der Waals surface area contributed by atoms with E-state index in [1.54, 1.807) is 36.4 Å². The van der Waals surface area contributed by atoms with Crippen molar-refractivity contribution in [3.8, 4) is 17.2 Å². The Labute approximate surface area is 200 Å². The quantitative estimate of drug-likeness (QED) is 0.403. The fourth-order valence-electron chi connectivity index (χ4n) is 3.34. The second kappa shape index (κ2) is 12.3. The molecule has 0 fully saturated rings. The van der Waals surface area contributed by atoms with Crippen LogP contribution in [0, 0.1) is 0 Å². The summed E-state index contributed by atoms with van der Waals surface area (Å²) in [5.41, 5.74) is 2.31. The first kappa shape index (κ1) is 24.6. The molecule has 7 heteroatoms. The summed E-state index contributed by atoms with van der Waals surface area (Å²) in [6.45, 7) is 6.99. The van der Waals surface area contributed by atoms with Crippen LogP contribution in [0.2, 0.25) is 0 Å². The third-order valence-corrected chi connectivity index (χ3v) is 4.84. The number of benzene rings is 3. The minimum atomic E-state index is -0.267. The zero-order chi connectivity index (χ0) is 24.3. The summed E-state index contributed by atoms with van der Waals surface area (Å²) < 4.78 is 16.9. The van der Waals surface area contributed by atoms with E-state index in [0.29, 0.717) is 48.3 Å². The maximum Gasteiger partial charge on any atom is 0.255 e. The molecular formula is C27H30N2O5. The van der Waals surface area contributed by atoms with Gasteiger partial charge in [0.15, 0.2) is 0 Å². The summed E-state index contributed by atoms with van der Waals surface area (Å²) >= 11 is 0. The van der Waals surface area contributed by atoms with Crippen LogP contribution < -0.4 is 24.8 Å². The smallest absolute Gasteiger partial charge is 0.255 e. The molecule has 0 heterocycles. The lowest BCUT2D eigenvalue weighted by molar-refractivity contribution is -0.115. The molecule has 34 heavy (non-hydrogen) atoms. The minimum absolute atomic E-state index is 0.189. The van der Waals surface area contributed by atoms with Crippen molar-refractivity contribution in [3.05, 3.63) is 77.9 Å². The molecule has 0 aliphatic heterocycles. The first-order valence-electron chi connectivity index (χ1n) is 11.4. The third-order valence-electron chi connectivity index (χ3n) is 4.84. The molecule has 0 atom stereocenters. The Balaban J connectivity index is 1.80. The number of rotatable bonds is 11. The van der Waals surface area contributed by atoms with E-state index in [1.165, 1.54) is 0 Å². The number of ether oxygens (including phenoxy) is 3. The highest BCUT2D eigenvalue weighted by molar-refractivity contribution is 6.05. The molecule has 0 saturated carbocycles. The first-order chi connectivity index (χ1) is 16.5. The van der Waals surface area contributed by atoms with E-state index >= 15 is 0 Å². The van der Waals surface area contributed by atoms with Gasteiger partial charge in [-0.1, -0.05) is 30.3 Å². The van der Waals surface area contributed by atoms with E-state index in [-0.39, 0.29) is 18.2 Å². The summed E-state index contributed by atoms with van der Waals surface area (Å²) in [7, 11) is 0. The van der Waals surface area contributed by atoms with Gasteiger partial charge in [0.25, 0.3) is 5.91 Å². The second-order valence-electron chi connectivity index (χ2n) is 7.33. The Morgan fingerprint density at radius 2 is 1.26 bits per heavy atom. The monoisotopic (exact) mass is 462 g/mol. The maximum absolute atomic E-state index is 12.8. The Morgan fingerprint density at radius 1 is 0.706 bits per heavy atom. The van der Waals surface area contributed by atoms with Gasteiger partial charge in [-0.15, -0.1) is 0 Å². The van der Waals surface area contributed by atoms with Crippen molar-refractivity contribution in [2.45, 2.75) is 27.2 Å². The normalized spacial score (nSPS) is 10.3. The number of carbonyl (C=O) groups is 2. The van der Waals surface area contributed by atoms with Gasteiger partial charge in [-0.05, 0) is 50.6 Å². The highest BCUT2D eigenvalue weighted by atomic mass is 16.5. The van der Waals surface area contributed by atoms with E-state index in [1.807, 2.05) is 51.1 Å². The van der Waals surface area contributed by atoms with Gasteiger partial charge in [-0.25, -0.2) is 0 Å². The van der Waals surface area contributed by atoms with Crippen LogP contribution in [0.15, 0.2) is 66.7 Å². The molecule has 0 unspecified atom stereocenters. The fraction of sp³-hybridized carbons (Fsp3) is 0.259. The van der Waals surface area contributed by atoms with E-state index in [2.05, 4.69) is 10.6 Å². The summed E-state index contributed by atoms with van der Waals surface area (Å²) in [4.78, 5) is 25.4. The van der Waals surface area contributed by atoms with Gasteiger partial charge in [-0.3, -0.25) is 9.59 Å². The summed E-state index contributed by atoms with van der Waals surface area (Å²) in [5, 5.41) is 5.78. The maximum atomic E-state index is 12.8. The molecule has 2 N–H and O–H groups in total.